The monoisotopic (exact) mass is 408 g/mol. The van der Waals surface area contributed by atoms with Crippen LogP contribution >= 0.6 is 0 Å². The SMILES string of the molecule is CCNC(=NCC1Cc2ccccc21)NC1CCN(c2cc(OC)cc(OC)c2)C1. The van der Waals surface area contributed by atoms with Gasteiger partial charge in [-0.15, -0.1) is 0 Å². The van der Waals surface area contributed by atoms with Gasteiger partial charge in [-0.1, -0.05) is 24.3 Å². The van der Waals surface area contributed by atoms with Gasteiger partial charge in [-0.3, -0.25) is 4.99 Å². The van der Waals surface area contributed by atoms with E-state index in [0.29, 0.717) is 12.0 Å². The summed E-state index contributed by atoms with van der Waals surface area (Å²) in [5.74, 6) is 3.09. The predicted molar refractivity (Wildman–Crippen MR) is 122 cm³/mol. The number of hydrogen-bond acceptors (Lipinski definition) is 4. The lowest BCUT2D eigenvalue weighted by atomic mass is 9.78. The molecule has 2 atom stereocenters. The number of guanidine groups is 1. The molecule has 1 heterocycles. The van der Waals surface area contributed by atoms with Crippen molar-refractivity contribution in [2.45, 2.75) is 31.7 Å². The predicted octanol–water partition coefficient (Wildman–Crippen LogP) is 3.18. The van der Waals surface area contributed by atoms with Crippen molar-refractivity contribution >= 4 is 11.6 Å². The number of methoxy groups -OCH3 is 2. The first kappa shape index (κ1) is 20.4. The number of nitrogens with zero attached hydrogens (tertiary/aromatic N) is 2. The van der Waals surface area contributed by atoms with Gasteiger partial charge in [0.2, 0.25) is 0 Å². The molecule has 0 aromatic heterocycles. The highest BCUT2D eigenvalue weighted by Gasteiger charge is 2.26. The van der Waals surface area contributed by atoms with Gasteiger partial charge in [-0.2, -0.15) is 0 Å². The maximum Gasteiger partial charge on any atom is 0.191 e. The second kappa shape index (κ2) is 9.28. The molecule has 0 saturated carbocycles. The second-order valence-corrected chi connectivity index (χ2v) is 7.97. The molecule has 2 aromatic carbocycles. The number of benzene rings is 2. The van der Waals surface area contributed by atoms with Gasteiger partial charge >= 0.3 is 0 Å². The summed E-state index contributed by atoms with van der Waals surface area (Å²) < 4.78 is 10.8. The summed E-state index contributed by atoms with van der Waals surface area (Å²) in [5.41, 5.74) is 4.05. The van der Waals surface area contributed by atoms with Gasteiger partial charge in [-0.25, -0.2) is 0 Å². The third-order valence-corrected chi connectivity index (χ3v) is 6.01. The molecule has 30 heavy (non-hydrogen) atoms. The van der Waals surface area contributed by atoms with Gasteiger partial charge in [0.25, 0.3) is 0 Å². The van der Waals surface area contributed by atoms with E-state index in [1.165, 1.54) is 11.1 Å². The molecule has 2 aromatic rings. The Morgan fingerprint density at radius 1 is 1.13 bits per heavy atom. The Kier molecular flexibility index (Phi) is 6.31. The number of anilines is 1. The summed E-state index contributed by atoms with van der Waals surface area (Å²) in [6, 6.07) is 15.1. The van der Waals surface area contributed by atoms with Crippen molar-refractivity contribution in [2.75, 3.05) is 45.3 Å². The topological polar surface area (TPSA) is 58.1 Å². The number of ether oxygens (including phenoxy) is 2. The van der Waals surface area contributed by atoms with Gasteiger partial charge in [-0.05, 0) is 30.9 Å². The Morgan fingerprint density at radius 3 is 2.60 bits per heavy atom. The fourth-order valence-electron chi connectivity index (χ4n) is 4.33. The van der Waals surface area contributed by atoms with E-state index in [1.54, 1.807) is 14.2 Å². The molecule has 2 aliphatic rings. The summed E-state index contributed by atoms with van der Waals surface area (Å²) in [6.07, 6.45) is 2.20. The van der Waals surface area contributed by atoms with E-state index >= 15 is 0 Å². The van der Waals surface area contributed by atoms with Crippen molar-refractivity contribution in [2.24, 2.45) is 4.99 Å². The maximum atomic E-state index is 5.42. The van der Waals surface area contributed by atoms with Crippen LogP contribution in [0.3, 0.4) is 0 Å². The third-order valence-electron chi connectivity index (χ3n) is 6.01. The minimum atomic E-state index is 0.355. The van der Waals surface area contributed by atoms with Gasteiger partial charge in [0, 0.05) is 62.0 Å². The molecule has 0 amide bonds. The van der Waals surface area contributed by atoms with Crippen molar-refractivity contribution in [1.29, 1.82) is 0 Å². The van der Waals surface area contributed by atoms with Crippen LogP contribution in [-0.4, -0.2) is 52.4 Å². The largest absolute Gasteiger partial charge is 0.497 e. The van der Waals surface area contributed by atoms with Crippen molar-refractivity contribution in [3.05, 3.63) is 53.6 Å². The lowest BCUT2D eigenvalue weighted by Gasteiger charge is -2.29. The Bertz CT molecular complexity index is 876. The zero-order valence-electron chi connectivity index (χ0n) is 18.1. The van der Waals surface area contributed by atoms with Crippen LogP contribution in [-0.2, 0) is 6.42 Å². The van der Waals surface area contributed by atoms with Crippen LogP contribution in [0.2, 0.25) is 0 Å². The molecule has 160 valence electrons. The standard InChI is InChI=1S/C24H32N4O2/c1-4-25-24(26-15-18-11-17-7-5-6-8-23(17)18)27-19-9-10-28(16-19)20-12-21(29-2)14-22(13-20)30-3/h5-8,12-14,18-19H,4,9-11,15-16H2,1-3H3,(H2,25,26,27). The van der Waals surface area contributed by atoms with Crippen LogP contribution in [0.5, 0.6) is 11.5 Å². The van der Waals surface area contributed by atoms with Crippen LogP contribution in [0.15, 0.2) is 47.5 Å². The molecule has 4 rings (SSSR count). The van der Waals surface area contributed by atoms with Crippen LogP contribution < -0.4 is 25.0 Å². The van der Waals surface area contributed by atoms with E-state index in [0.717, 1.165) is 62.2 Å². The van der Waals surface area contributed by atoms with Crippen molar-refractivity contribution < 1.29 is 9.47 Å². The molecule has 0 spiro atoms. The van der Waals surface area contributed by atoms with E-state index in [9.17, 15) is 0 Å². The minimum absolute atomic E-state index is 0.355. The molecular formula is C24H32N4O2. The summed E-state index contributed by atoms with van der Waals surface area (Å²) >= 11 is 0. The molecule has 1 saturated heterocycles. The Morgan fingerprint density at radius 2 is 1.90 bits per heavy atom. The van der Waals surface area contributed by atoms with Crippen molar-refractivity contribution in [3.63, 3.8) is 0 Å². The molecule has 1 aliphatic heterocycles. The number of hydrogen-bond donors (Lipinski definition) is 2. The minimum Gasteiger partial charge on any atom is -0.497 e. The Hall–Kier alpha value is -2.89. The van der Waals surface area contributed by atoms with E-state index in [2.05, 4.69) is 58.9 Å². The number of fused-ring (bicyclic) bond motifs is 1. The smallest absolute Gasteiger partial charge is 0.191 e. The highest BCUT2D eigenvalue weighted by molar-refractivity contribution is 5.80. The summed E-state index contributed by atoms with van der Waals surface area (Å²) in [6.45, 7) is 5.71. The molecule has 6 heteroatoms. The van der Waals surface area contributed by atoms with Crippen LogP contribution in [0.1, 0.15) is 30.4 Å². The lowest BCUT2D eigenvalue weighted by molar-refractivity contribution is 0.394. The third kappa shape index (κ3) is 4.48. The lowest BCUT2D eigenvalue weighted by Crippen LogP contribution is -2.45. The highest BCUT2D eigenvalue weighted by Crippen LogP contribution is 2.35. The van der Waals surface area contributed by atoms with Gasteiger partial charge in [0.15, 0.2) is 5.96 Å². The summed E-state index contributed by atoms with van der Waals surface area (Å²) in [7, 11) is 3.37. The zero-order valence-corrected chi connectivity index (χ0v) is 18.1. The van der Waals surface area contributed by atoms with Gasteiger partial charge in [0.1, 0.15) is 11.5 Å². The summed E-state index contributed by atoms with van der Waals surface area (Å²) in [5, 5.41) is 7.04. The van der Waals surface area contributed by atoms with Crippen LogP contribution in [0, 0.1) is 0 Å². The Balaban J connectivity index is 1.37. The van der Waals surface area contributed by atoms with E-state index in [-0.39, 0.29) is 0 Å². The second-order valence-electron chi connectivity index (χ2n) is 7.97. The molecule has 0 radical (unpaired) electrons. The highest BCUT2D eigenvalue weighted by atomic mass is 16.5. The average Bonchev–Trinajstić information content (AvgIpc) is 3.22. The van der Waals surface area contributed by atoms with Crippen molar-refractivity contribution in [3.8, 4) is 11.5 Å². The van der Waals surface area contributed by atoms with Gasteiger partial charge < -0.3 is 25.0 Å². The molecule has 1 fully saturated rings. The zero-order chi connectivity index (χ0) is 20.9. The van der Waals surface area contributed by atoms with E-state index in [1.807, 2.05) is 6.07 Å². The molecule has 2 unspecified atom stereocenters. The molecule has 1 aliphatic carbocycles. The molecule has 0 bridgehead atoms. The Labute approximate surface area is 179 Å². The van der Waals surface area contributed by atoms with E-state index < -0.39 is 0 Å². The normalized spacial score (nSPS) is 20.4. The maximum absolute atomic E-state index is 5.42. The summed E-state index contributed by atoms with van der Waals surface area (Å²) in [4.78, 5) is 7.26. The van der Waals surface area contributed by atoms with Crippen molar-refractivity contribution in [1.82, 2.24) is 10.6 Å². The number of rotatable bonds is 7. The first-order valence-electron chi connectivity index (χ1n) is 10.8. The van der Waals surface area contributed by atoms with Crippen LogP contribution in [0.25, 0.3) is 0 Å². The quantitative estimate of drug-likeness (QED) is 0.544. The fourth-order valence-corrected chi connectivity index (χ4v) is 4.33. The van der Waals surface area contributed by atoms with E-state index in [4.69, 9.17) is 14.5 Å². The average molecular weight is 409 g/mol. The fraction of sp³-hybridized carbons (Fsp3) is 0.458. The van der Waals surface area contributed by atoms with Crippen LogP contribution in [0.4, 0.5) is 5.69 Å². The molecular weight excluding hydrogens is 376 g/mol. The first-order chi connectivity index (χ1) is 14.7. The first-order valence-corrected chi connectivity index (χ1v) is 10.8. The van der Waals surface area contributed by atoms with Gasteiger partial charge in [0.05, 0.1) is 14.2 Å². The number of nitrogens with one attached hydrogen (secondary N) is 2. The molecule has 2 N–H and O–H groups in total. The number of aliphatic imine (C=N–C) groups is 1. The molecule has 6 nitrogen and oxygen atoms in total.